The van der Waals surface area contributed by atoms with Gasteiger partial charge in [0.1, 0.15) is 0 Å². The van der Waals surface area contributed by atoms with Gasteiger partial charge in [0.15, 0.2) is 26.7 Å². The van der Waals surface area contributed by atoms with E-state index in [-0.39, 0.29) is 17.6 Å². The van der Waals surface area contributed by atoms with Gasteiger partial charge >= 0.3 is 0 Å². The van der Waals surface area contributed by atoms with E-state index in [0.29, 0.717) is 12.3 Å². The Morgan fingerprint density at radius 3 is 2.45 bits per heavy atom. The molecule has 0 saturated heterocycles. The van der Waals surface area contributed by atoms with Crippen LogP contribution in [-0.2, 0) is 15.8 Å². The molecular weight excluding hydrogens is 277 g/mol. The van der Waals surface area contributed by atoms with E-state index in [1.807, 2.05) is 0 Å². The van der Waals surface area contributed by atoms with Crippen molar-refractivity contribution >= 4 is 8.32 Å². The first-order valence-corrected chi connectivity index (χ1v) is 9.48. The van der Waals surface area contributed by atoms with Crippen LogP contribution in [0.4, 0.5) is 4.39 Å². The van der Waals surface area contributed by atoms with Crippen molar-refractivity contribution in [1.82, 2.24) is 4.98 Å². The van der Waals surface area contributed by atoms with Gasteiger partial charge in [-0.15, -0.1) is 0 Å². The Morgan fingerprint density at radius 1 is 1.30 bits per heavy atom. The van der Waals surface area contributed by atoms with Crippen molar-refractivity contribution in [2.75, 3.05) is 13.9 Å². The van der Waals surface area contributed by atoms with E-state index >= 15 is 0 Å². The van der Waals surface area contributed by atoms with E-state index in [2.05, 4.69) is 38.8 Å². The number of halogens is 1. The highest BCUT2D eigenvalue weighted by Crippen LogP contribution is 2.37. The molecule has 1 aromatic heterocycles. The van der Waals surface area contributed by atoms with Crippen LogP contribution in [0.3, 0.4) is 0 Å². The maximum Gasteiger partial charge on any atom is 0.192 e. The zero-order chi connectivity index (χ0) is 15.4. The summed E-state index contributed by atoms with van der Waals surface area (Å²) in [6, 6.07) is 1.35. The number of methoxy groups -OCH3 is 1. The standard InChI is InChI=1S/C14H24FNO3Si/c1-14(2,3)20(5,6)19-9-11-7-12(15)13(8-16-11)18-10-17-4/h7-8H,9-10H2,1-6H3. The third-order valence-corrected chi connectivity index (χ3v) is 8.07. The first-order valence-electron chi connectivity index (χ1n) is 6.57. The minimum absolute atomic E-state index is 0.00157. The molecule has 114 valence electrons. The Bertz CT molecular complexity index is 447. The summed E-state index contributed by atoms with van der Waals surface area (Å²) >= 11 is 0. The summed E-state index contributed by atoms with van der Waals surface area (Å²) in [6.07, 6.45) is 1.36. The van der Waals surface area contributed by atoms with Crippen LogP contribution in [0.1, 0.15) is 26.5 Å². The van der Waals surface area contributed by atoms with E-state index in [0.717, 1.165) is 0 Å². The number of nitrogens with zero attached hydrogens (tertiary/aromatic N) is 1. The molecule has 0 spiro atoms. The molecule has 0 amide bonds. The molecule has 1 rings (SSSR count). The number of aromatic nitrogens is 1. The lowest BCUT2D eigenvalue weighted by Crippen LogP contribution is -2.40. The Kier molecular flexibility index (Phi) is 5.67. The van der Waals surface area contributed by atoms with E-state index in [1.165, 1.54) is 19.4 Å². The Labute approximate surface area is 121 Å². The van der Waals surface area contributed by atoms with Crippen LogP contribution in [0.2, 0.25) is 18.1 Å². The molecule has 0 aromatic carbocycles. The highest BCUT2D eigenvalue weighted by Gasteiger charge is 2.37. The first-order chi connectivity index (χ1) is 9.17. The zero-order valence-electron chi connectivity index (χ0n) is 13.1. The fourth-order valence-electron chi connectivity index (χ4n) is 1.24. The number of rotatable bonds is 6. The van der Waals surface area contributed by atoms with Crippen LogP contribution in [0.5, 0.6) is 5.75 Å². The SMILES string of the molecule is COCOc1cnc(CO[Si](C)(C)C(C)(C)C)cc1F. The number of ether oxygens (including phenoxy) is 2. The molecule has 0 aliphatic carbocycles. The molecule has 0 fully saturated rings. The molecule has 20 heavy (non-hydrogen) atoms. The molecular formula is C14H24FNO3Si. The van der Waals surface area contributed by atoms with Gasteiger partial charge in [-0.1, -0.05) is 20.8 Å². The fraction of sp³-hybridized carbons (Fsp3) is 0.643. The van der Waals surface area contributed by atoms with Crippen molar-refractivity contribution in [3.63, 3.8) is 0 Å². The van der Waals surface area contributed by atoms with Crippen LogP contribution in [0, 0.1) is 5.82 Å². The van der Waals surface area contributed by atoms with Gasteiger partial charge in [-0.3, -0.25) is 4.98 Å². The maximum absolute atomic E-state index is 13.8. The maximum atomic E-state index is 13.8. The van der Waals surface area contributed by atoms with E-state index in [9.17, 15) is 4.39 Å². The van der Waals surface area contributed by atoms with Gasteiger partial charge < -0.3 is 13.9 Å². The average Bonchev–Trinajstić information content (AvgIpc) is 2.34. The first kappa shape index (κ1) is 17.1. The second-order valence-electron chi connectivity index (χ2n) is 6.21. The summed E-state index contributed by atoms with van der Waals surface area (Å²) in [5, 5.41) is 0.118. The van der Waals surface area contributed by atoms with Gasteiger partial charge in [-0.25, -0.2) is 4.39 Å². The monoisotopic (exact) mass is 301 g/mol. The van der Waals surface area contributed by atoms with Crippen LogP contribution < -0.4 is 4.74 Å². The van der Waals surface area contributed by atoms with Crippen molar-refractivity contribution in [2.45, 2.75) is 45.5 Å². The number of hydrogen-bond donors (Lipinski definition) is 0. The van der Waals surface area contributed by atoms with Gasteiger partial charge in [0.2, 0.25) is 0 Å². The largest absolute Gasteiger partial charge is 0.463 e. The molecule has 0 aliphatic rings. The molecule has 6 heteroatoms. The van der Waals surface area contributed by atoms with E-state index in [4.69, 9.17) is 13.9 Å². The van der Waals surface area contributed by atoms with Crippen molar-refractivity contribution in [3.05, 3.63) is 23.8 Å². The molecule has 0 saturated carbocycles. The average molecular weight is 301 g/mol. The number of pyridine rings is 1. The van der Waals surface area contributed by atoms with Crippen LogP contribution in [-0.4, -0.2) is 27.2 Å². The predicted molar refractivity (Wildman–Crippen MR) is 78.7 cm³/mol. The van der Waals surface area contributed by atoms with Crippen molar-refractivity contribution in [1.29, 1.82) is 0 Å². The van der Waals surface area contributed by atoms with Crippen LogP contribution in [0.15, 0.2) is 12.3 Å². The van der Waals surface area contributed by atoms with E-state index < -0.39 is 14.1 Å². The van der Waals surface area contributed by atoms with Gasteiger partial charge in [0.05, 0.1) is 18.5 Å². The number of hydrogen-bond acceptors (Lipinski definition) is 4. The normalized spacial score (nSPS) is 12.6. The second-order valence-corrected chi connectivity index (χ2v) is 11.0. The molecule has 0 radical (unpaired) electrons. The third-order valence-electron chi connectivity index (χ3n) is 3.60. The van der Waals surface area contributed by atoms with Gasteiger partial charge in [-0.05, 0) is 18.1 Å². The highest BCUT2D eigenvalue weighted by atomic mass is 28.4. The molecule has 1 aromatic rings. The summed E-state index contributed by atoms with van der Waals surface area (Å²) in [5.74, 6) is -0.367. The van der Waals surface area contributed by atoms with Gasteiger partial charge in [-0.2, -0.15) is 0 Å². The molecule has 1 heterocycles. The lowest BCUT2D eigenvalue weighted by atomic mass is 10.2. The minimum atomic E-state index is -1.85. The summed E-state index contributed by atoms with van der Waals surface area (Å²) in [6.45, 7) is 11.1. The van der Waals surface area contributed by atoms with Crippen LogP contribution in [0.25, 0.3) is 0 Å². The van der Waals surface area contributed by atoms with Gasteiger partial charge in [0, 0.05) is 13.2 Å². The van der Waals surface area contributed by atoms with Crippen molar-refractivity contribution < 1.29 is 18.3 Å². The fourth-order valence-corrected chi connectivity index (χ4v) is 2.18. The minimum Gasteiger partial charge on any atom is -0.463 e. The topological polar surface area (TPSA) is 40.6 Å². The molecule has 4 nitrogen and oxygen atoms in total. The van der Waals surface area contributed by atoms with Crippen LogP contribution >= 0.6 is 0 Å². The zero-order valence-corrected chi connectivity index (χ0v) is 14.1. The summed E-state index contributed by atoms with van der Waals surface area (Å²) in [7, 11) is -0.374. The molecule has 0 atom stereocenters. The Morgan fingerprint density at radius 2 is 1.95 bits per heavy atom. The molecule has 0 unspecified atom stereocenters. The Balaban J connectivity index is 2.68. The lowest BCUT2D eigenvalue weighted by molar-refractivity contribution is 0.0479. The van der Waals surface area contributed by atoms with Crippen molar-refractivity contribution in [2.24, 2.45) is 0 Å². The quantitative estimate of drug-likeness (QED) is 0.593. The smallest absolute Gasteiger partial charge is 0.192 e. The third kappa shape index (κ3) is 4.54. The predicted octanol–water partition coefficient (Wildman–Crippen LogP) is 3.73. The highest BCUT2D eigenvalue weighted by molar-refractivity contribution is 6.74. The van der Waals surface area contributed by atoms with Gasteiger partial charge in [0.25, 0.3) is 0 Å². The second kappa shape index (κ2) is 6.65. The van der Waals surface area contributed by atoms with E-state index in [1.54, 1.807) is 0 Å². The Hall–Kier alpha value is -0.983. The van der Waals surface area contributed by atoms with Crippen molar-refractivity contribution in [3.8, 4) is 5.75 Å². The molecule has 0 N–H and O–H groups in total. The summed E-state index contributed by atoms with van der Waals surface area (Å²) < 4.78 is 29.5. The summed E-state index contributed by atoms with van der Waals surface area (Å²) in [4.78, 5) is 4.15. The molecule has 0 aliphatic heterocycles. The molecule has 0 bridgehead atoms. The summed E-state index contributed by atoms with van der Waals surface area (Å²) in [5.41, 5.74) is 0.567. The lowest BCUT2D eigenvalue weighted by Gasteiger charge is -2.36.